The molecule has 0 radical (unpaired) electrons. The Balaban J connectivity index is 1.16. The fraction of sp³-hybridized carbons (Fsp3) is 0.269. The van der Waals surface area contributed by atoms with E-state index in [0.717, 1.165) is 48.6 Å². The van der Waals surface area contributed by atoms with Crippen molar-refractivity contribution >= 4 is 17.3 Å². The molecule has 1 aliphatic rings. The van der Waals surface area contributed by atoms with Crippen molar-refractivity contribution in [1.82, 2.24) is 34.3 Å². The molecule has 1 fully saturated rings. The van der Waals surface area contributed by atoms with Crippen molar-refractivity contribution in [3.63, 3.8) is 0 Å². The van der Waals surface area contributed by atoms with Crippen LogP contribution in [0.3, 0.4) is 0 Å². The first kappa shape index (κ1) is 23.0. The molecule has 5 heterocycles. The second-order valence-electron chi connectivity index (χ2n) is 9.09. The molecule has 11 heteroatoms. The summed E-state index contributed by atoms with van der Waals surface area (Å²) < 4.78 is 30.7. The molecule has 0 amide bonds. The fourth-order valence-corrected chi connectivity index (χ4v) is 4.75. The Morgan fingerprint density at radius 2 is 1.57 bits per heavy atom. The van der Waals surface area contributed by atoms with Gasteiger partial charge in [-0.25, -0.2) is 23.9 Å². The van der Waals surface area contributed by atoms with Gasteiger partial charge in [0.2, 0.25) is 5.95 Å². The highest BCUT2D eigenvalue weighted by atomic mass is 19.1. The van der Waals surface area contributed by atoms with Crippen LogP contribution in [0.25, 0.3) is 16.6 Å². The van der Waals surface area contributed by atoms with Gasteiger partial charge >= 0.3 is 0 Å². The van der Waals surface area contributed by atoms with Crippen LogP contribution in [-0.4, -0.2) is 67.2 Å². The van der Waals surface area contributed by atoms with Crippen LogP contribution in [0.5, 0.6) is 0 Å². The molecule has 6 rings (SSSR count). The molecule has 0 bridgehead atoms. The molecule has 9 nitrogen and oxygen atoms in total. The number of halogens is 2. The Kier molecular flexibility index (Phi) is 5.95. The maximum Gasteiger partial charge on any atom is 0.225 e. The minimum Gasteiger partial charge on any atom is -0.351 e. The summed E-state index contributed by atoms with van der Waals surface area (Å²) in [5.74, 6) is 0.617. The Hall–Kier alpha value is -4.41. The van der Waals surface area contributed by atoms with Crippen LogP contribution >= 0.6 is 0 Å². The maximum absolute atomic E-state index is 13.8. The zero-order valence-electron chi connectivity index (χ0n) is 20.2. The molecular weight excluding hydrogens is 476 g/mol. The van der Waals surface area contributed by atoms with Crippen LogP contribution in [0.4, 0.5) is 20.5 Å². The second kappa shape index (κ2) is 9.57. The number of hydrogen-bond donors (Lipinski definition) is 0. The molecular formula is C26H25F2N9. The lowest BCUT2D eigenvalue weighted by molar-refractivity contribution is 0.459. The maximum atomic E-state index is 13.8. The van der Waals surface area contributed by atoms with Gasteiger partial charge in [-0.1, -0.05) is 12.1 Å². The quantitative estimate of drug-likeness (QED) is 0.352. The number of nitrogens with zero attached hydrogens (tertiary/aromatic N) is 9. The molecule has 0 spiro atoms. The molecule has 0 N–H and O–H groups in total. The van der Waals surface area contributed by atoms with Crippen molar-refractivity contribution in [3.05, 3.63) is 84.6 Å². The van der Waals surface area contributed by atoms with Gasteiger partial charge in [-0.15, -0.1) is 0 Å². The van der Waals surface area contributed by atoms with Gasteiger partial charge in [-0.05, 0) is 29.3 Å². The third kappa shape index (κ3) is 4.48. The number of rotatable bonds is 6. The average molecular weight is 502 g/mol. The van der Waals surface area contributed by atoms with Gasteiger partial charge in [0, 0.05) is 75.1 Å². The van der Waals surface area contributed by atoms with E-state index in [9.17, 15) is 8.78 Å². The highest BCUT2D eigenvalue weighted by Gasteiger charge is 2.23. The molecule has 1 atom stereocenters. The summed E-state index contributed by atoms with van der Waals surface area (Å²) in [6, 6.07) is 7.96. The van der Waals surface area contributed by atoms with E-state index >= 15 is 0 Å². The van der Waals surface area contributed by atoms with Gasteiger partial charge in [0.15, 0.2) is 5.82 Å². The van der Waals surface area contributed by atoms with Crippen molar-refractivity contribution in [2.24, 2.45) is 7.05 Å². The number of aryl methyl sites for hydroxylation is 1. The van der Waals surface area contributed by atoms with E-state index in [0.29, 0.717) is 17.1 Å². The first-order valence-corrected chi connectivity index (χ1v) is 12.0. The Morgan fingerprint density at radius 3 is 2.24 bits per heavy atom. The lowest BCUT2D eigenvalue weighted by Gasteiger charge is -2.35. The van der Waals surface area contributed by atoms with Crippen LogP contribution < -0.4 is 9.80 Å². The van der Waals surface area contributed by atoms with Crippen molar-refractivity contribution in [1.29, 1.82) is 0 Å². The molecule has 37 heavy (non-hydrogen) atoms. The summed E-state index contributed by atoms with van der Waals surface area (Å²) in [7, 11) is 1.90. The summed E-state index contributed by atoms with van der Waals surface area (Å²) in [6.07, 6.45) is 10.7. The summed E-state index contributed by atoms with van der Waals surface area (Å²) in [5.41, 5.74) is 4.36. The SMILES string of the molecule is Cn1cc(-c2cc3c(N4CCN(c5ncc(C(CF)c6ccc(F)cc6)cn5)CC4)ncnn3c2)cn1. The average Bonchev–Trinajstić information content (AvgIpc) is 3.57. The predicted molar refractivity (Wildman–Crippen MR) is 136 cm³/mol. The molecule has 188 valence electrons. The van der Waals surface area contributed by atoms with Gasteiger partial charge in [-0.3, -0.25) is 9.07 Å². The summed E-state index contributed by atoms with van der Waals surface area (Å²) in [6.45, 7) is 2.32. The number of fused-ring (bicyclic) bond motifs is 1. The topological polar surface area (TPSA) is 80.3 Å². The van der Waals surface area contributed by atoms with Crippen LogP contribution in [-0.2, 0) is 7.05 Å². The molecule has 4 aromatic heterocycles. The number of benzene rings is 1. The van der Waals surface area contributed by atoms with Crippen molar-refractivity contribution < 1.29 is 8.78 Å². The van der Waals surface area contributed by atoms with Crippen LogP contribution in [0.15, 0.2) is 67.6 Å². The summed E-state index contributed by atoms with van der Waals surface area (Å²) in [5, 5.41) is 8.65. The predicted octanol–water partition coefficient (Wildman–Crippen LogP) is 3.49. The van der Waals surface area contributed by atoms with Crippen LogP contribution in [0.2, 0.25) is 0 Å². The molecule has 1 unspecified atom stereocenters. The Morgan fingerprint density at radius 1 is 0.838 bits per heavy atom. The van der Waals surface area contributed by atoms with E-state index in [2.05, 4.69) is 41.0 Å². The van der Waals surface area contributed by atoms with Gasteiger partial charge in [0.1, 0.15) is 24.3 Å². The molecule has 0 saturated carbocycles. The van der Waals surface area contributed by atoms with Crippen LogP contribution in [0.1, 0.15) is 17.0 Å². The smallest absolute Gasteiger partial charge is 0.225 e. The van der Waals surface area contributed by atoms with E-state index in [1.54, 1.807) is 35.5 Å². The third-order valence-corrected chi connectivity index (χ3v) is 6.77. The molecule has 0 aliphatic carbocycles. The Labute approximate surface area is 212 Å². The van der Waals surface area contributed by atoms with Crippen LogP contribution in [0, 0.1) is 5.82 Å². The molecule has 1 aliphatic heterocycles. The van der Waals surface area contributed by atoms with Gasteiger partial charge < -0.3 is 9.80 Å². The molecule has 5 aromatic rings. The number of piperazine rings is 1. The van der Waals surface area contributed by atoms with Crippen molar-refractivity contribution in [2.75, 3.05) is 42.7 Å². The second-order valence-corrected chi connectivity index (χ2v) is 9.09. The first-order chi connectivity index (χ1) is 18.1. The van der Waals surface area contributed by atoms with E-state index in [1.165, 1.54) is 12.1 Å². The molecule has 1 aromatic carbocycles. The minimum atomic E-state index is -0.608. The minimum absolute atomic E-state index is 0.347. The van der Waals surface area contributed by atoms with E-state index in [4.69, 9.17) is 0 Å². The first-order valence-electron chi connectivity index (χ1n) is 12.0. The monoisotopic (exact) mass is 501 g/mol. The normalized spacial score (nSPS) is 14.9. The van der Waals surface area contributed by atoms with Crippen molar-refractivity contribution in [2.45, 2.75) is 5.92 Å². The Bertz CT molecular complexity index is 1500. The number of aromatic nitrogens is 7. The zero-order chi connectivity index (χ0) is 25.4. The van der Waals surface area contributed by atoms with Gasteiger partial charge in [0.05, 0.1) is 6.20 Å². The van der Waals surface area contributed by atoms with E-state index in [-0.39, 0.29) is 5.82 Å². The number of hydrogen-bond acceptors (Lipinski definition) is 7. The largest absolute Gasteiger partial charge is 0.351 e. The van der Waals surface area contributed by atoms with E-state index in [1.807, 2.05) is 30.2 Å². The lowest BCUT2D eigenvalue weighted by atomic mass is 9.95. The lowest BCUT2D eigenvalue weighted by Crippen LogP contribution is -2.47. The highest BCUT2D eigenvalue weighted by Crippen LogP contribution is 2.28. The third-order valence-electron chi connectivity index (χ3n) is 6.77. The number of anilines is 2. The molecule has 1 saturated heterocycles. The zero-order valence-corrected chi connectivity index (χ0v) is 20.2. The van der Waals surface area contributed by atoms with Crippen molar-refractivity contribution in [3.8, 4) is 11.1 Å². The van der Waals surface area contributed by atoms with E-state index < -0.39 is 12.6 Å². The number of alkyl halides is 1. The summed E-state index contributed by atoms with van der Waals surface area (Å²) in [4.78, 5) is 18.0. The summed E-state index contributed by atoms with van der Waals surface area (Å²) >= 11 is 0. The van der Waals surface area contributed by atoms with Gasteiger partial charge in [-0.2, -0.15) is 10.2 Å². The standard InChI is InChI=1S/C26H25F2N9/c1-34-15-21(14-32-34)19-10-24-25(31-17-33-37(24)16-19)35-6-8-36(9-7-35)26-29-12-20(13-30-26)23(11-27)18-2-4-22(28)5-3-18/h2-5,10,12-17,23H,6-9,11H2,1H3. The fourth-order valence-electron chi connectivity index (χ4n) is 4.75. The highest BCUT2D eigenvalue weighted by molar-refractivity contribution is 5.77. The van der Waals surface area contributed by atoms with Gasteiger partial charge in [0.25, 0.3) is 0 Å².